The zero-order chi connectivity index (χ0) is 17.7. The largest absolute Gasteiger partial charge is 0.298 e. The molecule has 1 aliphatic carbocycles. The van der Waals surface area contributed by atoms with Crippen molar-refractivity contribution in [1.82, 2.24) is 9.88 Å². The Hall–Kier alpha value is -1.71. The predicted octanol–water partition coefficient (Wildman–Crippen LogP) is 4.02. The molecule has 4 heteroatoms. The number of rotatable bonds is 1. The first kappa shape index (κ1) is 16.5. The van der Waals surface area contributed by atoms with Crippen LogP contribution in [-0.4, -0.2) is 34.8 Å². The second-order valence-corrected chi connectivity index (χ2v) is 8.46. The fraction of sp³-hybridized carbons (Fsp3) is 0.455. The number of hydrogen-bond donors (Lipinski definition) is 0. The Morgan fingerprint density at radius 3 is 2.92 bits per heavy atom. The lowest BCUT2D eigenvalue weighted by Crippen LogP contribution is -2.39. The SMILES string of the molecule is O=C1CCC2CC(C3c4ccc(Cl)cc4CCc4cccnc43)CN2C1. The first-order valence-electron chi connectivity index (χ1n) is 9.67. The van der Waals surface area contributed by atoms with E-state index in [0.29, 0.717) is 30.2 Å². The fourth-order valence-electron chi connectivity index (χ4n) is 5.32. The van der Waals surface area contributed by atoms with Crippen LogP contribution in [0.2, 0.25) is 5.02 Å². The van der Waals surface area contributed by atoms with Gasteiger partial charge in [0.2, 0.25) is 0 Å². The number of Topliss-reactive ketones (excluding diaryl/α,β-unsaturated/α-hetero) is 1. The third-order valence-corrected chi connectivity index (χ3v) is 6.73. The van der Waals surface area contributed by atoms with Crippen molar-refractivity contribution >= 4 is 17.4 Å². The number of pyridine rings is 1. The van der Waals surface area contributed by atoms with Crippen LogP contribution in [0.3, 0.4) is 0 Å². The number of halogens is 1. The number of fused-ring (bicyclic) bond motifs is 3. The minimum Gasteiger partial charge on any atom is -0.298 e. The van der Waals surface area contributed by atoms with Gasteiger partial charge in [0.25, 0.3) is 0 Å². The molecular formula is C22H23ClN2O. The van der Waals surface area contributed by atoms with E-state index in [1.807, 2.05) is 12.3 Å². The van der Waals surface area contributed by atoms with Crippen LogP contribution in [0.4, 0.5) is 0 Å². The van der Waals surface area contributed by atoms with Crippen LogP contribution in [0.15, 0.2) is 36.5 Å². The molecule has 0 N–H and O–H groups in total. The fourth-order valence-corrected chi connectivity index (χ4v) is 5.52. The van der Waals surface area contributed by atoms with E-state index in [2.05, 4.69) is 29.2 Å². The molecule has 1 aromatic carbocycles. The van der Waals surface area contributed by atoms with E-state index < -0.39 is 0 Å². The summed E-state index contributed by atoms with van der Waals surface area (Å²) in [5, 5.41) is 0.816. The lowest BCUT2D eigenvalue weighted by atomic mass is 9.79. The molecule has 3 aliphatic rings. The highest BCUT2D eigenvalue weighted by atomic mass is 35.5. The highest BCUT2D eigenvalue weighted by Gasteiger charge is 2.42. The van der Waals surface area contributed by atoms with Crippen LogP contribution in [0, 0.1) is 5.92 Å². The van der Waals surface area contributed by atoms with Crippen LogP contribution >= 0.6 is 11.6 Å². The van der Waals surface area contributed by atoms with Crippen LogP contribution in [0.5, 0.6) is 0 Å². The Bertz CT molecular complexity index is 865. The number of nitrogens with zero attached hydrogens (tertiary/aromatic N) is 2. The second-order valence-electron chi connectivity index (χ2n) is 8.02. The molecule has 0 amide bonds. The van der Waals surface area contributed by atoms with E-state index >= 15 is 0 Å². The number of carbonyl (C=O) groups excluding carboxylic acids is 1. The normalized spacial score (nSPS) is 28.2. The van der Waals surface area contributed by atoms with Gasteiger partial charge in [0.05, 0.1) is 12.2 Å². The summed E-state index contributed by atoms with van der Waals surface area (Å²) in [4.78, 5) is 19.2. The molecule has 1 aromatic heterocycles. The Morgan fingerprint density at radius 1 is 1.12 bits per heavy atom. The summed E-state index contributed by atoms with van der Waals surface area (Å²) in [5.41, 5.74) is 5.36. The molecule has 2 aromatic rings. The van der Waals surface area contributed by atoms with Gasteiger partial charge < -0.3 is 0 Å². The number of piperidine rings is 1. The van der Waals surface area contributed by atoms with Crippen molar-refractivity contribution in [1.29, 1.82) is 0 Å². The predicted molar refractivity (Wildman–Crippen MR) is 103 cm³/mol. The quantitative estimate of drug-likeness (QED) is 0.764. The number of aryl methyl sites for hydroxylation is 2. The van der Waals surface area contributed by atoms with E-state index in [1.165, 1.54) is 22.4 Å². The summed E-state index contributed by atoms with van der Waals surface area (Å²) in [5.74, 6) is 1.22. The first-order valence-corrected chi connectivity index (χ1v) is 10.0. The van der Waals surface area contributed by atoms with Gasteiger partial charge in [-0.2, -0.15) is 0 Å². The van der Waals surface area contributed by atoms with Crippen molar-refractivity contribution in [3.63, 3.8) is 0 Å². The van der Waals surface area contributed by atoms with Crippen molar-refractivity contribution in [3.8, 4) is 0 Å². The number of aromatic nitrogens is 1. The molecule has 3 heterocycles. The molecule has 0 spiro atoms. The molecule has 3 nitrogen and oxygen atoms in total. The Morgan fingerprint density at radius 2 is 2.00 bits per heavy atom. The number of ketones is 1. The van der Waals surface area contributed by atoms with Crippen molar-refractivity contribution in [2.45, 2.75) is 44.1 Å². The Kier molecular flexibility index (Phi) is 4.10. The lowest BCUT2D eigenvalue weighted by molar-refractivity contribution is -0.122. The average Bonchev–Trinajstić information content (AvgIpc) is 2.97. The molecule has 26 heavy (non-hydrogen) atoms. The van der Waals surface area contributed by atoms with Crippen LogP contribution in [0.25, 0.3) is 0 Å². The summed E-state index contributed by atoms with van der Waals surface area (Å²) >= 11 is 6.30. The second kappa shape index (κ2) is 6.47. The van der Waals surface area contributed by atoms with Crippen molar-refractivity contribution in [2.24, 2.45) is 5.92 Å². The summed E-state index contributed by atoms with van der Waals surface area (Å²) in [6, 6.07) is 11.2. The van der Waals surface area contributed by atoms with Crippen molar-refractivity contribution in [2.75, 3.05) is 13.1 Å². The molecular weight excluding hydrogens is 344 g/mol. The zero-order valence-electron chi connectivity index (χ0n) is 14.8. The number of hydrogen-bond acceptors (Lipinski definition) is 3. The Balaban J connectivity index is 1.58. The maximum Gasteiger partial charge on any atom is 0.146 e. The molecule has 2 saturated heterocycles. The van der Waals surface area contributed by atoms with E-state index in [9.17, 15) is 4.79 Å². The third-order valence-electron chi connectivity index (χ3n) is 6.49. The zero-order valence-corrected chi connectivity index (χ0v) is 15.6. The standard InChI is InChI=1S/C22H23ClN2O/c23-17-5-8-20-15(10-17)4-3-14-2-1-9-24-22(14)21(20)16-11-18-6-7-19(26)13-25(18)12-16/h1-2,5,8-10,16,18,21H,3-4,6-7,11-13H2. The van der Waals surface area contributed by atoms with Gasteiger partial charge in [-0.15, -0.1) is 0 Å². The summed E-state index contributed by atoms with van der Waals surface area (Å²) < 4.78 is 0. The summed E-state index contributed by atoms with van der Waals surface area (Å²) in [7, 11) is 0. The van der Waals surface area contributed by atoms with E-state index in [4.69, 9.17) is 16.6 Å². The molecule has 134 valence electrons. The third kappa shape index (κ3) is 2.78. The number of benzene rings is 1. The smallest absolute Gasteiger partial charge is 0.146 e. The molecule has 5 rings (SSSR count). The van der Waals surface area contributed by atoms with Gasteiger partial charge in [0.1, 0.15) is 5.78 Å². The minimum atomic E-state index is 0.307. The highest BCUT2D eigenvalue weighted by Crippen LogP contribution is 2.44. The van der Waals surface area contributed by atoms with Gasteiger partial charge in [0, 0.05) is 36.1 Å². The summed E-state index contributed by atoms with van der Waals surface area (Å²) in [6.45, 7) is 1.63. The molecule has 0 radical (unpaired) electrons. The molecule has 0 saturated carbocycles. The van der Waals surface area contributed by atoms with E-state index in [1.54, 1.807) is 0 Å². The maximum absolute atomic E-state index is 11.9. The summed E-state index contributed by atoms with van der Waals surface area (Å²) in [6.07, 6.45) is 6.90. The van der Waals surface area contributed by atoms with Gasteiger partial charge in [-0.05, 0) is 66.5 Å². The van der Waals surface area contributed by atoms with E-state index in [0.717, 1.165) is 43.7 Å². The van der Waals surface area contributed by atoms with Crippen LogP contribution in [-0.2, 0) is 17.6 Å². The van der Waals surface area contributed by atoms with Crippen molar-refractivity contribution < 1.29 is 4.79 Å². The minimum absolute atomic E-state index is 0.307. The van der Waals surface area contributed by atoms with Gasteiger partial charge in [0.15, 0.2) is 0 Å². The first-order chi connectivity index (χ1) is 12.7. The van der Waals surface area contributed by atoms with Crippen LogP contribution in [0.1, 0.15) is 47.6 Å². The van der Waals surface area contributed by atoms with Crippen molar-refractivity contribution in [3.05, 3.63) is 63.9 Å². The molecule has 3 atom stereocenters. The van der Waals surface area contributed by atoms with Gasteiger partial charge in [-0.25, -0.2) is 0 Å². The Labute approximate surface area is 159 Å². The lowest BCUT2D eigenvalue weighted by Gasteiger charge is -2.28. The maximum atomic E-state index is 11.9. The van der Waals surface area contributed by atoms with Gasteiger partial charge in [-0.1, -0.05) is 23.7 Å². The van der Waals surface area contributed by atoms with Crippen LogP contribution < -0.4 is 0 Å². The molecule has 2 aliphatic heterocycles. The number of carbonyl (C=O) groups is 1. The molecule has 3 unspecified atom stereocenters. The molecule has 0 bridgehead atoms. The van der Waals surface area contributed by atoms with E-state index in [-0.39, 0.29) is 0 Å². The van der Waals surface area contributed by atoms with Gasteiger partial charge in [-0.3, -0.25) is 14.7 Å². The molecule has 2 fully saturated rings. The average molecular weight is 367 g/mol. The topological polar surface area (TPSA) is 33.2 Å². The van der Waals surface area contributed by atoms with Gasteiger partial charge >= 0.3 is 0 Å². The monoisotopic (exact) mass is 366 g/mol. The highest BCUT2D eigenvalue weighted by molar-refractivity contribution is 6.30.